The van der Waals surface area contributed by atoms with Gasteiger partial charge < -0.3 is 10.5 Å². The van der Waals surface area contributed by atoms with E-state index >= 15 is 0 Å². The molecule has 1 heterocycles. The van der Waals surface area contributed by atoms with Crippen molar-refractivity contribution in [3.63, 3.8) is 0 Å². The molecule has 0 aliphatic carbocycles. The highest BCUT2D eigenvalue weighted by Crippen LogP contribution is 2.40. The lowest BCUT2D eigenvalue weighted by Crippen LogP contribution is -2.08. The number of carbonyl (C=O) groups excluding carboxylic acids is 1. The average Bonchev–Trinajstić information content (AvgIpc) is 2.50. The van der Waals surface area contributed by atoms with Crippen LogP contribution in [0.25, 0.3) is 11.3 Å². The van der Waals surface area contributed by atoms with Gasteiger partial charge in [-0.15, -0.1) is 11.8 Å². The Bertz CT molecular complexity index is 753. The minimum Gasteiger partial charge on any atom is -0.464 e. The van der Waals surface area contributed by atoms with Crippen LogP contribution >= 0.6 is 46.6 Å². The molecule has 0 atom stereocenters. The molecule has 0 aliphatic rings. The molecule has 0 fully saturated rings. The van der Waals surface area contributed by atoms with E-state index in [1.165, 1.54) is 18.9 Å². The lowest BCUT2D eigenvalue weighted by atomic mass is 10.1. The molecule has 2 rings (SSSR count). The first-order chi connectivity index (χ1) is 10.4. The molecule has 0 saturated heterocycles. The summed E-state index contributed by atoms with van der Waals surface area (Å²) >= 11 is 19.9. The first kappa shape index (κ1) is 17.2. The minimum atomic E-state index is -0.672. The number of thioether (sulfide) groups is 1. The lowest BCUT2D eigenvalue weighted by Gasteiger charge is -2.12. The molecule has 0 amide bonds. The number of hydrogen-bond acceptors (Lipinski definition) is 5. The van der Waals surface area contributed by atoms with E-state index in [2.05, 4.69) is 9.72 Å². The summed E-state index contributed by atoms with van der Waals surface area (Å²) in [6.07, 6.45) is 1.86. The molecule has 0 radical (unpaired) electrons. The van der Waals surface area contributed by atoms with Crippen LogP contribution in [0.2, 0.25) is 15.1 Å². The van der Waals surface area contributed by atoms with Crippen molar-refractivity contribution < 1.29 is 9.53 Å². The van der Waals surface area contributed by atoms with E-state index in [1.807, 2.05) is 6.26 Å². The Morgan fingerprint density at radius 3 is 2.55 bits per heavy atom. The Balaban J connectivity index is 2.69. The topological polar surface area (TPSA) is 65.2 Å². The van der Waals surface area contributed by atoms with Gasteiger partial charge in [0.1, 0.15) is 0 Å². The van der Waals surface area contributed by atoms with Gasteiger partial charge in [0, 0.05) is 10.5 Å². The van der Waals surface area contributed by atoms with Crippen LogP contribution in [0.15, 0.2) is 23.1 Å². The summed E-state index contributed by atoms with van der Waals surface area (Å²) in [5.41, 5.74) is 7.02. The highest BCUT2D eigenvalue weighted by Gasteiger charge is 2.20. The Morgan fingerprint density at radius 2 is 1.95 bits per heavy atom. The maximum absolute atomic E-state index is 11.7. The number of nitrogens with zero attached hydrogens (tertiary/aromatic N) is 1. The zero-order valence-corrected chi connectivity index (χ0v) is 14.7. The second kappa shape index (κ2) is 6.96. The van der Waals surface area contributed by atoms with Crippen LogP contribution in [-0.2, 0) is 4.74 Å². The van der Waals surface area contributed by atoms with Crippen LogP contribution in [0.5, 0.6) is 0 Å². The molecule has 0 aliphatic heterocycles. The number of anilines is 1. The first-order valence-corrected chi connectivity index (χ1v) is 8.33. The number of ether oxygens (including phenoxy) is 1. The van der Waals surface area contributed by atoms with E-state index in [4.69, 9.17) is 40.5 Å². The van der Waals surface area contributed by atoms with Gasteiger partial charge in [0.15, 0.2) is 5.69 Å². The third kappa shape index (κ3) is 3.13. The number of aromatic nitrogens is 1. The quantitative estimate of drug-likeness (QED) is 0.615. The van der Waals surface area contributed by atoms with Crippen LogP contribution in [-0.4, -0.2) is 24.3 Å². The van der Waals surface area contributed by atoms with Crippen molar-refractivity contribution in [2.24, 2.45) is 0 Å². The van der Waals surface area contributed by atoms with E-state index < -0.39 is 5.97 Å². The smallest absolute Gasteiger partial charge is 0.358 e. The van der Waals surface area contributed by atoms with E-state index in [0.29, 0.717) is 21.3 Å². The summed E-state index contributed by atoms with van der Waals surface area (Å²) in [6, 6.07) is 4.97. The molecular weight excluding hydrogens is 367 g/mol. The van der Waals surface area contributed by atoms with Gasteiger partial charge in [-0.1, -0.05) is 34.8 Å². The van der Waals surface area contributed by atoms with Gasteiger partial charge in [0.2, 0.25) is 0 Å². The third-order valence-electron chi connectivity index (χ3n) is 2.89. The summed E-state index contributed by atoms with van der Waals surface area (Å²) < 4.78 is 4.66. The van der Waals surface area contributed by atoms with Crippen molar-refractivity contribution in [1.82, 2.24) is 4.98 Å². The van der Waals surface area contributed by atoms with Crippen molar-refractivity contribution in [3.05, 3.63) is 39.0 Å². The zero-order valence-electron chi connectivity index (χ0n) is 11.6. The zero-order chi connectivity index (χ0) is 16.4. The fraction of sp³-hybridized carbons (Fsp3) is 0.143. The number of nitrogens with two attached hydrogens (primary N) is 1. The van der Waals surface area contributed by atoms with E-state index in [1.54, 1.807) is 18.2 Å². The Hall–Kier alpha value is -1.14. The van der Waals surface area contributed by atoms with Crippen molar-refractivity contribution in [3.8, 4) is 11.3 Å². The first-order valence-electron chi connectivity index (χ1n) is 5.97. The molecule has 2 N–H and O–H groups in total. The molecule has 4 nitrogen and oxygen atoms in total. The lowest BCUT2D eigenvalue weighted by molar-refractivity contribution is 0.0594. The maximum atomic E-state index is 11.7. The standard InChI is InChI=1S/C14H11Cl3N2O2S/c1-21-14(20)12-11(17)8(18)5-9(19-12)6-3-4-7(15)13(22-2)10(6)16/h3-5H,1-2H3,(H2,18,19). The predicted octanol–water partition coefficient (Wildman–Crippen LogP) is 4.80. The van der Waals surface area contributed by atoms with Crippen LogP contribution in [0.4, 0.5) is 5.69 Å². The highest BCUT2D eigenvalue weighted by molar-refractivity contribution is 7.98. The predicted molar refractivity (Wildman–Crippen MR) is 92.2 cm³/mol. The van der Waals surface area contributed by atoms with Gasteiger partial charge in [0.05, 0.1) is 33.6 Å². The normalized spacial score (nSPS) is 10.6. The molecule has 1 aromatic carbocycles. The average molecular weight is 378 g/mol. The molecular formula is C14H11Cl3N2O2S. The minimum absolute atomic E-state index is 0.0470. The van der Waals surface area contributed by atoms with Gasteiger partial charge >= 0.3 is 5.97 Å². The number of rotatable bonds is 3. The second-order valence-electron chi connectivity index (χ2n) is 4.19. The third-order valence-corrected chi connectivity index (χ3v) is 5.05. The summed E-state index contributed by atoms with van der Waals surface area (Å²) in [5, 5.41) is 1.02. The molecule has 1 aromatic heterocycles. The van der Waals surface area contributed by atoms with Gasteiger partial charge in [0.25, 0.3) is 0 Å². The molecule has 0 unspecified atom stereocenters. The van der Waals surface area contributed by atoms with Gasteiger partial charge in [-0.2, -0.15) is 0 Å². The number of hydrogen-bond donors (Lipinski definition) is 1. The van der Waals surface area contributed by atoms with Gasteiger partial charge in [-0.3, -0.25) is 0 Å². The molecule has 2 aromatic rings. The Kier molecular flexibility index (Phi) is 5.45. The summed E-state index contributed by atoms with van der Waals surface area (Å²) in [6.45, 7) is 0. The van der Waals surface area contributed by atoms with Crippen LogP contribution in [0.3, 0.4) is 0 Å². The van der Waals surface area contributed by atoms with Crippen molar-refractivity contribution in [1.29, 1.82) is 0 Å². The van der Waals surface area contributed by atoms with E-state index in [0.717, 1.165) is 4.90 Å². The Morgan fingerprint density at radius 1 is 1.27 bits per heavy atom. The highest BCUT2D eigenvalue weighted by atomic mass is 35.5. The Labute approximate surface area is 146 Å². The monoisotopic (exact) mass is 376 g/mol. The molecule has 0 spiro atoms. The van der Waals surface area contributed by atoms with Crippen molar-refractivity contribution in [2.75, 3.05) is 19.1 Å². The molecule has 22 heavy (non-hydrogen) atoms. The summed E-state index contributed by atoms with van der Waals surface area (Å²) in [7, 11) is 1.24. The van der Waals surface area contributed by atoms with Crippen LogP contribution < -0.4 is 5.73 Å². The number of carbonyl (C=O) groups is 1. The van der Waals surface area contributed by atoms with Crippen LogP contribution in [0.1, 0.15) is 10.5 Å². The summed E-state index contributed by atoms with van der Waals surface area (Å²) in [5.74, 6) is -0.672. The number of esters is 1. The van der Waals surface area contributed by atoms with E-state index in [9.17, 15) is 4.79 Å². The van der Waals surface area contributed by atoms with Crippen LogP contribution in [0, 0.1) is 0 Å². The SMILES string of the molecule is COC(=O)c1nc(-c2ccc(Cl)c(SC)c2Cl)cc(N)c1Cl. The largest absolute Gasteiger partial charge is 0.464 e. The number of nitrogen functional groups attached to an aromatic ring is 1. The fourth-order valence-corrected chi connectivity index (χ4v) is 3.49. The van der Waals surface area contributed by atoms with E-state index in [-0.39, 0.29) is 16.4 Å². The van der Waals surface area contributed by atoms with Crippen molar-refractivity contribution >= 4 is 58.2 Å². The maximum Gasteiger partial charge on any atom is 0.358 e. The molecule has 116 valence electrons. The molecule has 0 bridgehead atoms. The molecule has 8 heteroatoms. The number of halogens is 3. The van der Waals surface area contributed by atoms with Gasteiger partial charge in [-0.05, 0) is 24.5 Å². The number of pyridine rings is 1. The number of methoxy groups -OCH3 is 1. The van der Waals surface area contributed by atoms with Gasteiger partial charge in [-0.25, -0.2) is 9.78 Å². The summed E-state index contributed by atoms with van der Waals surface area (Å²) in [4.78, 5) is 16.7. The number of benzene rings is 1. The second-order valence-corrected chi connectivity index (χ2v) is 6.17. The molecule has 0 saturated carbocycles. The fourth-order valence-electron chi connectivity index (χ4n) is 1.84. The van der Waals surface area contributed by atoms with Crippen molar-refractivity contribution in [2.45, 2.75) is 4.90 Å².